The molecule has 1 saturated heterocycles. The first-order valence-corrected chi connectivity index (χ1v) is 8.84. The molecular formula is C17H26N6O2. The van der Waals surface area contributed by atoms with Gasteiger partial charge in [0.25, 0.3) is 5.78 Å². The molecular weight excluding hydrogens is 320 g/mol. The van der Waals surface area contributed by atoms with Gasteiger partial charge in [-0.1, -0.05) is 6.92 Å². The number of fused-ring (bicyclic) bond motifs is 1. The van der Waals surface area contributed by atoms with Gasteiger partial charge in [-0.15, -0.1) is 5.10 Å². The lowest BCUT2D eigenvalue weighted by Gasteiger charge is -2.35. The van der Waals surface area contributed by atoms with Crippen LogP contribution in [0.25, 0.3) is 5.78 Å². The lowest BCUT2D eigenvalue weighted by atomic mass is 10.2. The van der Waals surface area contributed by atoms with Gasteiger partial charge in [0, 0.05) is 44.1 Å². The third-order valence-electron chi connectivity index (χ3n) is 4.64. The molecule has 1 aliphatic heterocycles. The van der Waals surface area contributed by atoms with Gasteiger partial charge in [-0.3, -0.25) is 9.69 Å². The first-order valence-electron chi connectivity index (χ1n) is 8.84. The molecule has 0 saturated carbocycles. The number of hydrogen-bond donors (Lipinski definition) is 1. The Balaban J connectivity index is 1.59. The maximum atomic E-state index is 12.5. The molecule has 8 nitrogen and oxygen atoms in total. The predicted octanol–water partition coefficient (Wildman–Crippen LogP) is 0.199. The van der Waals surface area contributed by atoms with E-state index in [1.54, 1.807) is 4.52 Å². The largest absolute Gasteiger partial charge is 0.392 e. The minimum absolute atomic E-state index is 0.0426. The predicted molar refractivity (Wildman–Crippen MR) is 93.3 cm³/mol. The van der Waals surface area contributed by atoms with Crippen LogP contribution in [-0.4, -0.2) is 79.2 Å². The summed E-state index contributed by atoms with van der Waals surface area (Å²) in [5, 5.41) is 14.1. The Morgan fingerprint density at radius 1 is 1.24 bits per heavy atom. The fourth-order valence-electron chi connectivity index (χ4n) is 3.14. The van der Waals surface area contributed by atoms with E-state index in [4.69, 9.17) is 0 Å². The molecule has 0 bridgehead atoms. The van der Waals surface area contributed by atoms with Crippen LogP contribution >= 0.6 is 0 Å². The lowest BCUT2D eigenvalue weighted by molar-refractivity contribution is -0.132. The number of aromatic nitrogens is 4. The molecule has 0 unspecified atom stereocenters. The van der Waals surface area contributed by atoms with Gasteiger partial charge >= 0.3 is 0 Å². The summed E-state index contributed by atoms with van der Waals surface area (Å²) in [5.74, 6) is 1.09. The average molecular weight is 346 g/mol. The van der Waals surface area contributed by atoms with Gasteiger partial charge in [-0.25, -0.2) is 9.50 Å². The number of piperazine rings is 1. The Kier molecular flexibility index (Phi) is 5.29. The highest BCUT2D eigenvalue weighted by atomic mass is 16.3. The van der Waals surface area contributed by atoms with E-state index in [0.29, 0.717) is 31.2 Å². The van der Waals surface area contributed by atoms with Crippen molar-refractivity contribution < 1.29 is 9.90 Å². The van der Waals surface area contributed by atoms with Crippen LogP contribution in [0.15, 0.2) is 6.07 Å². The summed E-state index contributed by atoms with van der Waals surface area (Å²) < 4.78 is 1.68. The number of aliphatic hydroxyl groups excluding tert-OH is 1. The van der Waals surface area contributed by atoms with Crippen LogP contribution in [0.1, 0.15) is 30.6 Å². The fraction of sp³-hybridized carbons (Fsp3) is 0.647. The van der Waals surface area contributed by atoms with Crippen LogP contribution in [0.4, 0.5) is 0 Å². The van der Waals surface area contributed by atoms with Crippen molar-refractivity contribution in [3.05, 3.63) is 23.3 Å². The van der Waals surface area contributed by atoms with E-state index in [1.165, 1.54) is 0 Å². The molecule has 1 N–H and O–H groups in total. The zero-order valence-electron chi connectivity index (χ0n) is 15.1. The molecule has 0 spiro atoms. The van der Waals surface area contributed by atoms with Gasteiger partial charge in [0.1, 0.15) is 0 Å². The van der Waals surface area contributed by atoms with Crippen LogP contribution in [-0.2, 0) is 11.2 Å². The molecule has 8 heteroatoms. The van der Waals surface area contributed by atoms with E-state index < -0.39 is 0 Å². The van der Waals surface area contributed by atoms with Gasteiger partial charge < -0.3 is 10.0 Å². The van der Waals surface area contributed by atoms with E-state index in [9.17, 15) is 9.90 Å². The third kappa shape index (κ3) is 4.13. The number of nitrogens with zero attached hydrogens (tertiary/aromatic N) is 6. The van der Waals surface area contributed by atoms with Crippen LogP contribution in [0.2, 0.25) is 0 Å². The SMILES string of the molecule is CC[C@@H](O)CN1CCN(C(=O)Cc2nc3nc(C)cc(C)n3n2)CC1. The van der Waals surface area contributed by atoms with Gasteiger partial charge in [-0.05, 0) is 26.3 Å². The second-order valence-electron chi connectivity index (χ2n) is 6.70. The van der Waals surface area contributed by atoms with Crippen LogP contribution in [0.3, 0.4) is 0 Å². The maximum Gasteiger partial charge on any atom is 0.252 e. The molecule has 1 fully saturated rings. The monoisotopic (exact) mass is 346 g/mol. The van der Waals surface area contributed by atoms with Gasteiger partial charge in [0.05, 0.1) is 12.5 Å². The number of amides is 1. The Hall–Kier alpha value is -2.06. The molecule has 25 heavy (non-hydrogen) atoms. The highest BCUT2D eigenvalue weighted by Crippen LogP contribution is 2.09. The van der Waals surface area contributed by atoms with Gasteiger partial charge in [-0.2, -0.15) is 4.98 Å². The summed E-state index contributed by atoms with van der Waals surface area (Å²) in [6, 6.07) is 1.94. The van der Waals surface area contributed by atoms with Gasteiger partial charge in [0.15, 0.2) is 5.82 Å². The number of carbonyl (C=O) groups excluding carboxylic acids is 1. The van der Waals surface area contributed by atoms with Crippen molar-refractivity contribution in [1.29, 1.82) is 0 Å². The molecule has 0 radical (unpaired) electrons. The van der Waals surface area contributed by atoms with Crippen molar-refractivity contribution in [3.8, 4) is 0 Å². The summed E-state index contributed by atoms with van der Waals surface area (Å²) in [4.78, 5) is 25.3. The second-order valence-corrected chi connectivity index (χ2v) is 6.70. The first-order chi connectivity index (χ1) is 12.0. The van der Waals surface area contributed by atoms with Crippen molar-refractivity contribution in [2.45, 2.75) is 39.7 Å². The first kappa shape index (κ1) is 17.8. The number of carbonyl (C=O) groups is 1. The van der Waals surface area contributed by atoms with Crippen molar-refractivity contribution in [2.24, 2.45) is 0 Å². The van der Waals surface area contributed by atoms with Crippen LogP contribution < -0.4 is 0 Å². The summed E-state index contributed by atoms with van der Waals surface area (Å²) >= 11 is 0. The topological polar surface area (TPSA) is 86.9 Å². The van der Waals surface area contributed by atoms with Crippen molar-refractivity contribution in [2.75, 3.05) is 32.7 Å². The molecule has 1 aliphatic rings. The molecule has 2 aromatic heterocycles. The average Bonchev–Trinajstić information content (AvgIpc) is 2.98. The third-order valence-corrected chi connectivity index (χ3v) is 4.64. The van der Waals surface area contributed by atoms with Gasteiger partial charge in [0.2, 0.25) is 5.91 Å². The Bertz CT molecular complexity index is 751. The van der Waals surface area contributed by atoms with E-state index in [2.05, 4.69) is 20.0 Å². The van der Waals surface area contributed by atoms with Crippen molar-refractivity contribution in [1.82, 2.24) is 29.4 Å². The van der Waals surface area contributed by atoms with Crippen LogP contribution in [0.5, 0.6) is 0 Å². The number of hydrogen-bond acceptors (Lipinski definition) is 6. The molecule has 3 rings (SSSR count). The minimum atomic E-state index is -0.288. The minimum Gasteiger partial charge on any atom is -0.392 e. The normalized spacial score (nSPS) is 17.2. The Morgan fingerprint density at radius 2 is 1.96 bits per heavy atom. The summed E-state index contributed by atoms with van der Waals surface area (Å²) in [6.45, 7) is 9.47. The van der Waals surface area contributed by atoms with E-state index in [1.807, 2.05) is 31.7 Å². The highest BCUT2D eigenvalue weighted by molar-refractivity contribution is 5.78. The molecule has 0 aromatic carbocycles. The molecule has 2 aromatic rings. The summed E-state index contributed by atoms with van der Waals surface area (Å²) in [5.41, 5.74) is 1.84. The molecule has 136 valence electrons. The number of aliphatic hydroxyl groups is 1. The quantitative estimate of drug-likeness (QED) is 0.832. The standard InChI is InChI=1S/C17H26N6O2/c1-4-14(24)11-21-5-7-22(8-6-21)16(25)10-15-19-17-18-12(2)9-13(3)23(17)20-15/h9,14,24H,4-8,10-11H2,1-3H3/t14-/m1/s1. The molecule has 1 amide bonds. The van der Waals surface area contributed by atoms with E-state index >= 15 is 0 Å². The molecule has 1 atom stereocenters. The smallest absolute Gasteiger partial charge is 0.252 e. The zero-order chi connectivity index (χ0) is 18.0. The van der Waals surface area contributed by atoms with Crippen molar-refractivity contribution in [3.63, 3.8) is 0 Å². The summed E-state index contributed by atoms with van der Waals surface area (Å²) in [6.07, 6.45) is 0.661. The fourth-order valence-corrected chi connectivity index (χ4v) is 3.14. The lowest BCUT2D eigenvalue weighted by Crippen LogP contribution is -2.50. The number of aryl methyl sites for hydroxylation is 2. The molecule has 0 aliphatic carbocycles. The zero-order valence-corrected chi connectivity index (χ0v) is 15.1. The number of β-amino-alcohol motifs (C(OH)–C–C–N with tert-alkyl or cyclic N) is 1. The van der Waals surface area contributed by atoms with Crippen LogP contribution in [0, 0.1) is 13.8 Å². The summed E-state index contributed by atoms with van der Waals surface area (Å²) in [7, 11) is 0. The number of rotatable bonds is 5. The van der Waals surface area contributed by atoms with E-state index in [-0.39, 0.29) is 18.4 Å². The molecule has 3 heterocycles. The highest BCUT2D eigenvalue weighted by Gasteiger charge is 2.23. The Morgan fingerprint density at radius 3 is 2.64 bits per heavy atom. The van der Waals surface area contributed by atoms with Crippen molar-refractivity contribution >= 4 is 11.7 Å². The second kappa shape index (κ2) is 7.45. The Labute approximate surface area is 147 Å². The van der Waals surface area contributed by atoms with E-state index in [0.717, 1.165) is 30.9 Å². The maximum absolute atomic E-state index is 12.5.